The van der Waals surface area contributed by atoms with E-state index in [9.17, 15) is 19.2 Å². The van der Waals surface area contributed by atoms with Crippen LogP contribution in [-0.4, -0.2) is 37.0 Å². The Bertz CT molecular complexity index is 832. The van der Waals surface area contributed by atoms with E-state index in [1.54, 1.807) is 29.6 Å². The molecule has 1 aromatic heterocycles. The number of hydrogen-bond donors (Lipinski definition) is 3. The summed E-state index contributed by atoms with van der Waals surface area (Å²) < 4.78 is 4.88. The van der Waals surface area contributed by atoms with Gasteiger partial charge in [0, 0.05) is 12.2 Å². The molecule has 9 heteroatoms. The number of nitrogens with one attached hydrogen (secondary N) is 3. The summed E-state index contributed by atoms with van der Waals surface area (Å²) in [6.45, 7) is 3.69. The number of imide groups is 1. The number of amides is 4. The lowest BCUT2D eigenvalue weighted by Gasteiger charge is -2.09. The van der Waals surface area contributed by atoms with Gasteiger partial charge >= 0.3 is 12.0 Å². The largest absolute Gasteiger partial charge is 0.452 e. The Balaban J connectivity index is 1.78. The fourth-order valence-electron chi connectivity index (χ4n) is 2.01. The molecule has 0 aliphatic carbocycles. The van der Waals surface area contributed by atoms with E-state index in [1.165, 1.54) is 23.5 Å². The first kappa shape index (κ1) is 21.1. The molecule has 3 N–H and O–H groups in total. The maximum Gasteiger partial charge on any atom is 0.338 e. The number of ether oxygens (including phenoxy) is 1. The molecule has 28 heavy (non-hydrogen) atoms. The van der Waals surface area contributed by atoms with Gasteiger partial charge in [0.15, 0.2) is 6.61 Å². The third-order valence-electron chi connectivity index (χ3n) is 3.38. The number of thiophene rings is 1. The second-order valence-corrected chi connectivity index (χ2v) is 7.18. The number of carbonyl (C=O) groups is 4. The second kappa shape index (κ2) is 10.2. The molecular formula is C19H21N3O5S. The van der Waals surface area contributed by atoms with E-state index in [0.717, 1.165) is 0 Å². The van der Waals surface area contributed by atoms with Crippen molar-refractivity contribution < 1.29 is 23.9 Å². The van der Waals surface area contributed by atoms with Crippen LogP contribution in [0.15, 0.2) is 41.8 Å². The molecule has 0 aliphatic rings. The first-order valence-electron chi connectivity index (χ1n) is 8.55. The predicted molar refractivity (Wildman–Crippen MR) is 105 cm³/mol. The highest BCUT2D eigenvalue weighted by Crippen LogP contribution is 2.14. The van der Waals surface area contributed by atoms with Gasteiger partial charge in [0.05, 0.1) is 10.4 Å². The number of hydrogen-bond acceptors (Lipinski definition) is 6. The van der Waals surface area contributed by atoms with E-state index in [-0.39, 0.29) is 17.4 Å². The number of benzene rings is 1. The Kier molecular flexibility index (Phi) is 7.70. The third kappa shape index (κ3) is 6.84. The van der Waals surface area contributed by atoms with Crippen LogP contribution in [0.5, 0.6) is 0 Å². The molecule has 8 nitrogen and oxygen atoms in total. The van der Waals surface area contributed by atoms with Gasteiger partial charge in [-0.3, -0.25) is 14.9 Å². The van der Waals surface area contributed by atoms with Gasteiger partial charge in [0.25, 0.3) is 11.8 Å². The van der Waals surface area contributed by atoms with Crippen LogP contribution < -0.4 is 16.0 Å². The molecule has 0 radical (unpaired) electrons. The minimum Gasteiger partial charge on any atom is -0.452 e. The van der Waals surface area contributed by atoms with Crippen LogP contribution in [0.25, 0.3) is 0 Å². The van der Waals surface area contributed by atoms with Crippen molar-refractivity contribution in [3.8, 4) is 0 Å². The molecular weight excluding hydrogens is 382 g/mol. The average molecular weight is 403 g/mol. The van der Waals surface area contributed by atoms with Crippen LogP contribution in [-0.2, 0) is 9.53 Å². The summed E-state index contributed by atoms with van der Waals surface area (Å²) in [5, 5.41) is 9.11. The summed E-state index contributed by atoms with van der Waals surface area (Å²) in [7, 11) is 0. The number of urea groups is 1. The lowest BCUT2D eigenvalue weighted by Crippen LogP contribution is -2.42. The fourth-order valence-corrected chi connectivity index (χ4v) is 2.63. The van der Waals surface area contributed by atoms with Crippen LogP contribution in [0.1, 0.15) is 33.9 Å². The van der Waals surface area contributed by atoms with E-state index >= 15 is 0 Å². The molecule has 0 saturated carbocycles. The summed E-state index contributed by atoms with van der Waals surface area (Å²) in [5.74, 6) is -1.43. The molecule has 1 heterocycles. The maximum absolute atomic E-state index is 12.0. The Morgan fingerprint density at radius 1 is 1.07 bits per heavy atom. The molecule has 0 saturated heterocycles. The molecule has 0 atom stereocenters. The summed E-state index contributed by atoms with van der Waals surface area (Å²) >= 11 is 1.32. The van der Waals surface area contributed by atoms with Crippen LogP contribution in [0.2, 0.25) is 0 Å². The minimum absolute atomic E-state index is 0.214. The normalized spacial score (nSPS) is 10.2. The Morgan fingerprint density at radius 2 is 1.79 bits per heavy atom. The van der Waals surface area contributed by atoms with Crippen molar-refractivity contribution in [3.63, 3.8) is 0 Å². The van der Waals surface area contributed by atoms with Crippen LogP contribution in [0, 0.1) is 5.92 Å². The van der Waals surface area contributed by atoms with E-state index in [2.05, 4.69) is 16.0 Å². The molecule has 4 amide bonds. The van der Waals surface area contributed by atoms with Crippen LogP contribution in [0.3, 0.4) is 0 Å². The van der Waals surface area contributed by atoms with E-state index < -0.39 is 24.5 Å². The quantitative estimate of drug-likeness (QED) is 0.615. The highest BCUT2D eigenvalue weighted by molar-refractivity contribution is 7.12. The van der Waals surface area contributed by atoms with Crippen molar-refractivity contribution in [3.05, 3.63) is 52.2 Å². The molecule has 0 aliphatic heterocycles. The first-order valence-corrected chi connectivity index (χ1v) is 9.43. The highest BCUT2D eigenvalue weighted by atomic mass is 32.1. The molecule has 2 aromatic rings. The molecule has 0 unspecified atom stereocenters. The van der Waals surface area contributed by atoms with Crippen molar-refractivity contribution in [1.82, 2.24) is 10.6 Å². The monoisotopic (exact) mass is 403 g/mol. The molecule has 0 spiro atoms. The molecule has 1 aromatic carbocycles. The SMILES string of the molecule is CC(C)CNC(=O)NC(=O)COC(=O)c1ccc(NC(=O)c2cccs2)cc1. The Labute approximate surface area is 166 Å². The smallest absolute Gasteiger partial charge is 0.338 e. The van der Waals surface area contributed by atoms with Crippen molar-refractivity contribution in [2.24, 2.45) is 5.92 Å². The number of anilines is 1. The number of esters is 1. The van der Waals surface area contributed by atoms with Gasteiger partial charge in [-0.2, -0.15) is 0 Å². The Morgan fingerprint density at radius 3 is 2.39 bits per heavy atom. The number of carbonyl (C=O) groups excluding carboxylic acids is 4. The molecule has 2 rings (SSSR count). The number of rotatable bonds is 7. The lowest BCUT2D eigenvalue weighted by atomic mass is 10.2. The summed E-state index contributed by atoms with van der Waals surface area (Å²) in [4.78, 5) is 47.6. The zero-order chi connectivity index (χ0) is 20.5. The van der Waals surface area contributed by atoms with Gasteiger partial charge in [-0.1, -0.05) is 19.9 Å². The topological polar surface area (TPSA) is 114 Å². The average Bonchev–Trinajstić information content (AvgIpc) is 3.20. The van der Waals surface area contributed by atoms with E-state index in [4.69, 9.17) is 4.74 Å². The minimum atomic E-state index is -0.727. The van der Waals surface area contributed by atoms with Crippen LogP contribution in [0.4, 0.5) is 10.5 Å². The van der Waals surface area contributed by atoms with Gasteiger partial charge in [0.2, 0.25) is 0 Å². The van der Waals surface area contributed by atoms with Crippen molar-refractivity contribution >= 4 is 40.8 Å². The first-order chi connectivity index (χ1) is 13.3. The lowest BCUT2D eigenvalue weighted by molar-refractivity contribution is -0.123. The molecule has 0 fully saturated rings. The maximum atomic E-state index is 12.0. The van der Waals surface area contributed by atoms with Crippen LogP contribution >= 0.6 is 11.3 Å². The fraction of sp³-hybridized carbons (Fsp3) is 0.263. The zero-order valence-electron chi connectivity index (χ0n) is 15.5. The van der Waals surface area contributed by atoms with Gasteiger partial charge in [0.1, 0.15) is 0 Å². The van der Waals surface area contributed by atoms with Gasteiger partial charge in [-0.05, 0) is 41.6 Å². The van der Waals surface area contributed by atoms with Crippen molar-refractivity contribution in [1.29, 1.82) is 0 Å². The zero-order valence-corrected chi connectivity index (χ0v) is 16.3. The summed E-state index contributed by atoms with van der Waals surface area (Å²) in [5.41, 5.74) is 0.737. The third-order valence-corrected chi connectivity index (χ3v) is 4.25. The molecule has 0 bridgehead atoms. The molecule has 148 valence electrons. The van der Waals surface area contributed by atoms with Gasteiger partial charge in [-0.25, -0.2) is 9.59 Å². The van der Waals surface area contributed by atoms with E-state index in [0.29, 0.717) is 17.1 Å². The van der Waals surface area contributed by atoms with Gasteiger partial charge < -0.3 is 15.4 Å². The highest BCUT2D eigenvalue weighted by Gasteiger charge is 2.13. The summed E-state index contributed by atoms with van der Waals surface area (Å²) in [6.07, 6.45) is 0. The Hall–Kier alpha value is -3.20. The van der Waals surface area contributed by atoms with Crippen molar-refractivity contribution in [2.45, 2.75) is 13.8 Å². The standard InChI is InChI=1S/C19H21N3O5S/c1-12(2)10-20-19(26)22-16(23)11-27-18(25)13-5-7-14(8-6-13)21-17(24)15-4-3-9-28-15/h3-9,12H,10-11H2,1-2H3,(H,21,24)(H2,20,22,23,26). The van der Waals surface area contributed by atoms with Crippen molar-refractivity contribution in [2.75, 3.05) is 18.5 Å². The predicted octanol–water partition coefficient (Wildman–Crippen LogP) is 2.64. The summed E-state index contributed by atoms with van der Waals surface area (Å²) in [6, 6.07) is 8.91. The van der Waals surface area contributed by atoms with E-state index in [1.807, 2.05) is 13.8 Å². The van der Waals surface area contributed by atoms with Gasteiger partial charge in [-0.15, -0.1) is 11.3 Å². The second-order valence-electron chi connectivity index (χ2n) is 6.24.